The van der Waals surface area contributed by atoms with Crippen molar-refractivity contribution in [2.75, 3.05) is 27.9 Å². The van der Waals surface area contributed by atoms with Gasteiger partial charge >= 0.3 is 0 Å². The van der Waals surface area contributed by atoms with Gasteiger partial charge in [0.1, 0.15) is 95.0 Å². The largest absolute Gasteiger partial charge is 0.497 e. The highest BCUT2D eigenvalue weighted by atomic mass is 35.5. The molecule has 35 nitrogen and oxygen atoms in total. The molecule has 143 heavy (non-hydrogen) atoms. The molecule has 1 unspecified atom stereocenters. The van der Waals surface area contributed by atoms with E-state index in [1.54, 1.807) is 63.8 Å². The third kappa shape index (κ3) is 17.6. The van der Waals surface area contributed by atoms with Gasteiger partial charge in [-0.25, -0.2) is 63.3 Å². The number of aromatic nitrogens is 28. The molecule has 0 saturated carbocycles. The summed E-state index contributed by atoms with van der Waals surface area (Å²) in [7, 11) is 6.95. The van der Waals surface area contributed by atoms with Gasteiger partial charge in [0.15, 0.2) is 5.01 Å². The topological polar surface area (TPSA) is 344 Å². The Balaban J connectivity index is 0.000000102. The van der Waals surface area contributed by atoms with Crippen LogP contribution in [0.1, 0.15) is 182 Å². The summed E-state index contributed by atoms with van der Waals surface area (Å²) < 4.78 is 50.2. The number of rotatable bonds is 9. The van der Waals surface area contributed by atoms with E-state index in [0.717, 1.165) is 193 Å². The van der Waals surface area contributed by atoms with Gasteiger partial charge in [-0.3, -0.25) is 27.8 Å². The van der Waals surface area contributed by atoms with Crippen molar-refractivity contribution in [2.45, 2.75) is 118 Å². The van der Waals surface area contributed by atoms with Crippen molar-refractivity contribution >= 4 is 46.3 Å². The summed E-state index contributed by atoms with van der Waals surface area (Å²) in [5.41, 5.74) is 30.5. The van der Waals surface area contributed by atoms with Gasteiger partial charge in [-0.05, 0) is 193 Å². The molecule has 6 aromatic carbocycles. The summed E-state index contributed by atoms with van der Waals surface area (Å²) in [5.74, 6) is 21.2. The van der Waals surface area contributed by atoms with Crippen LogP contribution in [-0.2, 0) is 71.3 Å². The number of halogens is 2. The first kappa shape index (κ1) is 91.2. The smallest absolute Gasteiger partial charge is 0.238 e. The van der Waals surface area contributed by atoms with Crippen molar-refractivity contribution in [3.8, 4) is 98.1 Å². The standard InChI is InChI=1S/C24H22N6O.C21H18N6OS.C20H14ClN7O.C20H20ClN5O.C20H16N6O/c1-15-9-10-18-19(11-15)30-17(13-26-28-30)12-20-21(25-14-29(18)20)23-27-22(24(2,3)31-23)16-7-5-4-6-8-16;1-13-4-6-17-20(8-13)27-19(16(10-28-3)24-25-27)9-18-15(22-12-26(17)18)5-7-21-23-14(2)11-29-21;21-13-3-4-15-16(6-13)28-14(9-25-26-28)7-17-19(24-11-27(15)17)20-23-10-18(29-20)12-2-1-5-22-8-12;1-20(2,3)8-7-14-17-10-18-15(11-27-4)23-24-26(18)19-9-13(21)5-6-16(19)25(17)12-22-14;1-24-9-3-4-14(24)5-7-17-19-10-15-12-22-23-26(15)20-11-16(27-2)6-8-18(20)25(19)13-21-17/h4-11,13-14,22H,12H2,1-3H3;4,6,8,11-12H,9-10H2,1-3H3;1-6,8-9,11,18H,7,10H2;5-6,9,12H,10-11H2,1-4H3;3-4,6,8-9,11-13H,10H2,1-2H3/t22-;;;;/m0..../s1. The zero-order chi connectivity index (χ0) is 98.1. The lowest BCUT2D eigenvalue weighted by Gasteiger charge is -2.25. The van der Waals surface area contributed by atoms with Crippen LogP contribution in [0.15, 0.2) is 230 Å². The van der Waals surface area contributed by atoms with Crippen LogP contribution in [0.4, 0.5) is 0 Å². The molecule has 0 amide bonds. The maximum absolute atomic E-state index is 6.38. The number of ether oxygens (including phenoxy) is 5. The van der Waals surface area contributed by atoms with Gasteiger partial charge in [0.05, 0.1) is 165 Å². The highest BCUT2D eigenvalue weighted by Gasteiger charge is 2.43. The first-order chi connectivity index (χ1) is 69.5. The summed E-state index contributed by atoms with van der Waals surface area (Å²) in [5, 5.41) is 46.7. The molecule has 7 aliphatic heterocycles. The summed E-state index contributed by atoms with van der Waals surface area (Å²) in [6, 6.07) is 48.0. The number of hydrogen-bond acceptors (Lipinski definition) is 25. The number of aliphatic imine (C=N–C) groups is 2. The van der Waals surface area contributed by atoms with Crippen molar-refractivity contribution in [3.63, 3.8) is 0 Å². The Kier molecular flexibility index (Phi) is 24.0. The molecule has 2 atom stereocenters. The molecule has 0 bridgehead atoms. The second-order valence-corrected chi connectivity index (χ2v) is 38.1. The van der Waals surface area contributed by atoms with E-state index in [0.29, 0.717) is 73.7 Å². The molecule has 7 aliphatic rings. The summed E-state index contributed by atoms with van der Waals surface area (Å²) in [6.07, 6.45) is 22.9. The lowest BCUT2D eigenvalue weighted by atomic mass is 9.93. The van der Waals surface area contributed by atoms with Crippen molar-refractivity contribution in [1.29, 1.82) is 0 Å². The van der Waals surface area contributed by atoms with Gasteiger partial charge in [-0.1, -0.05) is 104 Å². The average Bonchev–Trinajstić information content (AvgIpc) is 1.59. The van der Waals surface area contributed by atoms with Crippen molar-refractivity contribution < 1.29 is 23.7 Å². The van der Waals surface area contributed by atoms with Crippen LogP contribution in [0.2, 0.25) is 10.0 Å². The number of imidazole rings is 5. The van der Waals surface area contributed by atoms with E-state index < -0.39 is 5.60 Å². The summed E-state index contributed by atoms with van der Waals surface area (Å²) in [4.78, 5) is 41.3. The normalized spacial score (nSPS) is 14.4. The third-order valence-electron chi connectivity index (χ3n) is 25.1. The quantitative estimate of drug-likeness (QED) is 0.121. The number of hydrogen-bond donors (Lipinski definition) is 0. The third-order valence-corrected chi connectivity index (χ3v) is 26.5. The van der Waals surface area contributed by atoms with E-state index >= 15 is 0 Å². The fraction of sp³-hybridized carbons (Fsp3) is 0.229. The molecule has 0 radical (unpaired) electrons. The molecule has 0 aliphatic carbocycles. The van der Waals surface area contributed by atoms with Crippen molar-refractivity contribution in [2.24, 2.45) is 22.4 Å². The Morgan fingerprint density at radius 1 is 0.476 bits per heavy atom. The highest BCUT2D eigenvalue weighted by molar-refractivity contribution is 7.10. The zero-order valence-corrected chi connectivity index (χ0v) is 82.0. The van der Waals surface area contributed by atoms with Crippen LogP contribution in [-0.4, -0.2) is 183 Å². The minimum Gasteiger partial charge on any atom is -0.497 e. The molecule has 0 spiro atoms. The van der Waals surface area contributed by atoms with E-state index in [1.165, 1.54) is 5.56 Å². The molecule has 13 aromatic heterocycles. The minimum atomic E-state index is -0.462. The number of fused-ring (bicyclic) bond motifs is 25. The average molecular weight is 1960 g/mol. The second-order valence-electron chi connectivity index (χ2n) is 36.4. The van der Waals surface area contributed by atoms with Crippen LogP contribution in [0.3, 0.4) is 0 Å². The van der Waals surface area contributed by atoms with Gasteiger partial charge in [-0.2, -0.15) is 0 Å². The zero-order valence-electron chi connectivity index (χ0n) is 79.7. The Morgan fingerprint density at radius 3 is 1.49 bits per heavy atom. The van der Waals surface area contributed by atoms with Gasteiger partial charge in [0, 0.05) is 110 Å². The van der Waals surface area contributed by atoms with Gasteiger partial charge < -0.3 is 28.3 Å². The number of methoxy groups -OCH3 is 3. The first-order valence-electron chi connectivity index (χ1n) is 46.0. The molecule has 20 heterocycles. The fourth-order valence-corrected chi connectivity index (χ4v) is 19.2. The Bertz CT molecular complexity index is 8430. The molecule has 0 saturated heterocycles. The Labute approximate surface area is 834 Å². The molecule has 0 fully saturated rings. The minimum absolute atomic E-state index is 0.0889. The van der Waals surface area contributed by atoms with Crippen LogP contribution >= 0.6 is 34.5 Å². The SMILES string of the molecule is COCc1nnn2c1Cc1c(C#CC(C)(C)C)ncn1-c1ccc(Cl)cc1-2.COCc1nnn2c1Cc1c(C#Cc3nc(C)cs3)ncn1-c1ccc(C)cc1-2.COc1ccc2c(c1)-n1nncc1Cc1c(C#Cc3cccn3C)ncn1-2.Cc1ccc2c(c1)-n1nncc1Cc1c(C3=N[C@@H](c4ccccc4)C(C)(C)O3)ncn1-2.Clc1ccc2c(c1)-n1nncc1Cc1c(C3=NCC(c4cccnc4)O3)ncn1-2. The highest BCUT2D eigenvalue weighted by Crippen LogP contribution is 2.43. The molecule has 26 rings (SSSR count). The van der Waals surface area contributed by atoms with Crippen LogP contribution in [0.25, 0.3) is 56.9 Å². The number of thiazole rings is 1. The van der Waals surface area contributed by atoms with E-state index in [9.17, 15) is 0 Å². The molecule has 19 aromatic rings. The van der Waals surface area contributed by atoms with Crippen LogP contribution in [0, 0.1) is 61.7 Å². The lowest BCUT2D eigenvalue weighted by molar-refractivity contribution is 0.0970. The number of benzene rings is 6. The predicted molar refractivity (Wildman–Crippen MR) is 535 cm³/mol. The van der Waals surface area contributed by atoms with Crippen molar-refractivity contribution in [1.82, 2.24) is 137 Å². The first-order valence-corrected chi connectivity index (χ1v) is 47.6. The molecule has 38 heteroatoms. The molecular formula is C105H90Cl2N30O5S. The maximum Gasteiger partial charge on any atom is 0.238 e. The number of pyridine rings is 1. The van der Waals surface area contributed by atoms with E-state index in [1.807, 2.05) is 187 Å². The molecule has 710 valence electrons. The van der Waals surface area contributed by atoms with E-state index in [2.05, 4.69) is 237 Å². The monoisotopic (exact) mass is 1950 g/mol. The van der Waals surface area contributed by atoms with Crippen LogP contribution < -0.4 is 4.74 Å². The van der Waals surface area contributed by atoms with Gasteiger partial charge in [0.25, 0.3) is 0 Å². The van der Waals surface area contributed by atoms with E-state index in [-0.39, 0.29) is 17.6 Å². The summed E-state index contributed by atoms with van der Waals surface area (Å²) >= 11 is 14.0. The van der Waals surface area contributed by atoms with Crippen LogP contribution in [0.5, 0.6) is 5.75 Å². The van der Waals surface area contributed by atoms with Crippen molar-refractivity contribution in [3.05, 3.63) is 365 Å². The maximum atomic E-state index is 6.38. The number of nitrogens with zero attached hydrogens (tertiary/aromatic N) is 30. The Hall–Kier alpha value is -17.0. The van der Waals surface area contributed by atoms with Gasteiger partial charge in [-0.15, -0.1) is 36.8 Å². The lowest BCUT2D eigenvalue weighted by Crippen LogP contribution is -2.28. The fourth-order valence-electron chi connectivity index (χ4n) is 18.2. The molecular weight excluding hydrogens is 1860 g/mol. The van der Waals surface area contributed by atoms with Gasteiger partial charge in [0.2, 0.25) is 11.8 Å². The van der Waals surface area contributed by atoms with E-state index in [4.69, 9.17) is 56.9 Å². The number of aryl methyl sites for hydroxylation is 4. The second kappa shape index (κ2) is 37.7. The Morgan fingerprint density at radius 2 is 0.965 bits per heavy atom. The summed E-state index contributed by atoms with van der Waals surface area (Å²) in [6.45, 7) is 17.9. The predicted octanol–water partition coefficient (Wildman–Crippen LogP) is 15.5. The molecule has 0 N–H and O–H groups in total.